The summed E-state index contributed by atoms with van der Waals surface area (Å²) in [5.74, 6) is 6.13. The van der Waals surface area contributed by atoms with E-state index >= 15 is 0 Å². The number of sulfonamides is 1. The summed E-state index contributed by atoms with van der Waals surface area (Å²) in [6, 6.07) is 11.3. The van der Waals surface area contributed by atoms with Crippen LogP contribution in [0, 0.1) is 11.8 Å². The third-order valence-corrected chi connectivity index (χ3v) is 5.20. The first-order valence-corrected chi connectivity index (χ1v) is 9.79. The summed E-state index contributed by atoms with van der Waals surface area (Å²) in [6.45, 7) is -0.0823. The molecule has 0 saturated carbocycles. The summed E-state index contributed by atoms with van der Waals surface area (Å²) in [4.78, 5) is 13.3. The molecule has 148 valence electrons. The molecule has 0 aliphatic rings. The summed E-state index contributed by atoms with van der Waals surface area (Å²) < 4.78 is 37.6. The number of nitrogens with zero attached hydrogens (tertiary/aromatic N) is 1. The lowest BCUT2D eigenvalue weighted by molar-refractivity contribution is 0.0827. The van der Waals surface area contributed by atoms with Crippen LogP contribution in [0.3, 0.4) is 0 Å². The summed E-state index contributed by atoms with van der Waals surface area (Å²) in [5, 5.41) is 0. The number of ether oxygens (including phenoxy) is 2. The second kappa shape index (κ2) is 9.26. The fourth-order valence-corrected chi connectivity index (χ4v) is 3.41. The van der Waals surface area contributed by atoms with Crippen LogP contribution in [0.5, 0.6) is 11.5 Å². The van der Waals surface area contributed by atoms with Crippen LogP contribution < -0.4 is 14.2 Å². The van der Waals surface area contributed by atoms with Crippen molar-refractivity contribution in [1.82, 2.24) is 9.62 Å². The van der Waals surface area contributed by atoms with Crippen LogP contribution in [0.2, 0.25) is 0 Å². The minimum atomic E-state index is -3.83. The van der Waals surface area contributed by atoms with Crippen LogP contribution in [0.4, 0.5) is 0 Å². The lowest BCUT2D eigenvalue weighted by atomic mass is 10.1. The molecule has 0 saturated heterocycles. The van der Waals surface area contributed by atoms with Crippen molar-refractivity contribution in [3.05, 3.63) is 53.6 Å². The first kappa shape index (κ1) is 21.3. The van der Waals surface area contributed by atoms with Gasteiger partial charge in [-0.15, -0.1) is 0 Å². The molecule has 0 atom stereocenters. The fraction of sp³-hybridized carbons (Fsp3) is 0.250. The molecule has 2 aromatic carbocycles. The Morgan fingerprint density at radius 1 is 1.07 bits per heavy atom. The smallest absolute Gasteiger partial charge is 0.253 e. The number of nitrogens with one attached hydrogen (secondary N) is 1. The average molecular weight is 402 g/mol. The maximum atomic E-state index is 12.5. The minimum Gasteiger partial charge on any atom is -0.497 e. The van der Waals surface area contributed by atoms with Gasteiger partial charge in [-0.2, -0.15) is 4.72 Å². The molecule has 0 unspecified atom stereocenters. The first-order chi connectivity index (χ1) is 13.3. The second-order valence-corrected chi connectivity index (χ2v) is 7.66. The number of amides is 1. The predicted molar refractivity (Wildman–Crippen MR) is 106 cm³/mol. The average Bonchev–Trinajstić information content (AvgIpc) is 2.70. The predicted octanol–water partition coefficient (Wildman–Crippen LogP) is 1.74. The molecule has 1 N–H and O–H groups in total. The van der Waals surface area contributed by atoms with Crippen molar-refractivity contribution in [1.29, 1.82) is 0 Å². The number of hydrogen-bond acceptors (Lipinski definition) is 5. The van der Waals surface area contributed by atoms with Crippen LogP contribution in [0.15, 0.2) is 47.4 Å². The molecule has 0 aliphatic carbocycles. The Morgan fingerprint density at radius 3 is 2.32 bits per heavy atom. The highest BCUT2D eigenvalue weighted by Gasteiger charge is 2.19. The molecule has 28 heavy (non-hydrogen) atoms. The number of rotatable bonds is 6. The van der Waals surface area contributed by atoms with E-state index in [4.69, 9.17) is 9.47 Å². The molecule has 0 aromatic heterocycles. The van der Waals surface area contributed by atoms with Gasteiger partial charge in [0.05, 0.1) is 20.8 Å². The SMILES string of the molecule is COc1ccc(OC)c(S(=O)(=O)NCC#Cc2ccc(C(=O)N(C)C)cc2)c1. The molecule has 2 aromatic rings. The number of methoxy groups -OCH3 is 2. The minimum absolute atomic E-state index is 0.0253. The fourth-order valence-electron chi connectivity index (χ4n) is 2.30. The van der Waals surface area contributed by atoms with E-state index < -0.39 is 10.0 Å². The Bertz CT molecular complexity index is 1000. The molecule has 0 radical (unpaired) electrons. The Balaban J connectivity index is 2.08. The van der Waals surface area contributed by atoms with E-state index in [1.165, 1.54) is 31.3 Å². The first-order valence-electron chi connectivity index (χ1n) is 8.30. The van der Waals surface area contributed by atoms with Crippen LogP contribution in [0.25, 0.3) is 0 Å². The van der Waals surface area contributed by atoms with Gasteiger partial charge in [0.2, 0.25) is 10.0 Å². The van der Waals surface area contributed by atoms with E-state index in [1.807, 2.05) is 0 Å². The molecule has 0 bridgehead atoms. The highest BCUT2D eigenvalue weighted by Crippen LogP contribution is 2.27. The van der Waals surface area contributed by atoms with Gasteiger partial charge in [-0.3, -0.25) is 4.79 Å². The van der Waals surface area contributed by atoms with Crippen LogP contribution in [-0.4, -0.2) is 54.1 Å². The standard InChI is InChI=1S/C20H22N2O5S/c1-22(2)20(23)16-9-7-15(8-10-16)6-5-13-21-28(24,25)19-14-17(26-3)11-12-18(19)27-4/h7-12,14,21H,13H2,1-4H3. The molecule has 0 fully saturated rings. The Labute approximate surface area is 165 Å². The zero-order valence-corrected chi connectivity index (χ0v) is 17.0. The summed E-state index contributed by atoms with van der Waals surface area (Å²) >= 11 is 0. The molecule has 0 heterocycles. The Morgan fingerprint density at radius 2 is 1.75 bits per heavy atom. The molecule has 1 amide bonds. The normalized spacial score (nSPS) is 10.6. The van der Waals surface area contributed by atoms with Gasteiger partial charge in [-0.1, -0.05) is 11.8 Å². The highest BCUT2D eigenvalue weighted by atomic mass is 32.2. The van der Waals surface area contributed by atoms with Crippen molar-refractivity contribution < 1.29 is 22.7 Å². The maximum Gasteiger partial charge on any atom is 0.253 e. The Kier molecular flexibility index (Phi) is 7.04. The zero-order valence-electron chi connectivity index (χ0n) is 16.1. The van der Waals surface area contributed by atoms with E-state index in [9.17, 15) is 13.2 Å². The molecule has 7 nitrogen and oxygen atoms in total. The molecular formula is C20H22N2O5S. The molecular weight excluding hydrogens is 380 g/mol. The zero-order chi connectivity index (χ0) is 20.7. The summed E-state index contributed by atoms with van der Waals surface area (Å²) in [7, 11) is 2.38. The number of carbonyl (C=O) groups is 1. The summed E-state index contributed by atoms with van der Waals surface area (Å²) in [6.07, 6.45) is 0. The van der Waals surface area contributed by atoms with Crippen molar-refractivity contribution in [3.8, 4) is 23.3 Å². The van der Waals surface area contributed by atoms with E-state index in [0.717, 1.165) is 0 Å². The van der Waals surface area contributed by atoms with Crippen LogP contribution >= 0.6 is 0 Å². The topological polar surface area (TPSA) is 84.9 Å². The molecule has 0 spiro atoms. The van der Waals surface area contributed by atoms with Crippen molar-refractivity contribution >= 4 is 15.9 Å². The largest absolute Gasteiger partial charge is 0.497 e. The highest BCUT2D eigenvalue weighted by molar-refractivity contribution is 7.89. The van der Waals surface area contributed by atoms with Gasteiger partial charge < -0.3 is 14.4 Å². The van der Waals surface area contributed by atoms with E-state index in [0.29, 0.717) is 16.9 Å². The molecule has 2 rings (SSSR count). The number of benzene rings is 2. The second-order valence-electron chi connectivity index (χ2n) is 5.92. The number of hydrogen-bond donors (Lipinski definition) is 1. The van der Waals surface area contributed by atoms with Crippen molar-refractivity contribution in [2.24, 2.45) is 0 Å². The van der Waals surface area contributed by atoms with E-state index in [2.05, 4.69) is 16.6 Å². The van der Waals surface area contributed by atoms with Gasteiger partial charge >= 0.3 is 0 Å². The van der Waals surface area contributed by atoms with Crippen molar-refractivity contribution in [2.45, 2.75) is 4.90 Å². The van der Waals surface area contributed by atoms with Crippen LogP contribution in [-0.2, 0) is 10.0 Å². The van der Waals surface area contributed by atoms with E-state index in [1.54, 1.807) is 44.4 Å². The van der Waals surface area contributed by atoms with Gasteiger partial charge in [-0.25, -0.2) is 8.42 Å². The quantitative estimate of drug-likeness (QED) is 0.744. The molecule has 0 aliphatic heterocycles. The van der Waals surface area contributed by atoms with Gasteiger partial charge in [-0.05, 0) is 36.4 Å². The van der Waals surface area contributed by atoms with Gasteiger partial charge in [0, 0.05) is 31.3 Å². The third-order valence-electron chi connectivity index (χ3n) is 3.78. The van der Waals surface area contributed by atoms with Crippen LogP contribution in [0.1, 0.15) is 15.9 Å². The van der Waals surface area contributed by atoms with Crippen molar-refractivity contribution in [2.75, 3.05) is 34.9 Å². The monoisotopic (exact) mass is 402 g/mol. The Hall–Kier alpha value is -3.02. The maximum absolute atomic E-state index is 12.5. The lowest BCUT2D eigenvalue weighted by Gasteiger charge is -2.11. The van der Waals surface area contributed by atoms with E-state index in [-0.39, 0.29) is 23.1 Å². The van der Waals surface area contributed by atoms with Crippen molar-refractivity contribution in [3.63, 3.8) is 0 Å². The molecule has 8 heteroatoms. The third kappa shape index (κ3) is 5.25. The lowest BCUT2D eigenvalue weighted by Crippen LogP contribution is -2.24. The summed E-state index contributed by atoms with van der Waals surface area (Å²) in [5.41, 5.74) is 1.23. The van der Waals surface area contributed by atoms with Gasteiger partial charge in [0.25, 0.3) is 5.91 Å². The van der Waals surface area contributed by atoms with Gasteiger partial charge in [0.1, 0.15) is 16.4 Å². The number of carbonyl (C=O) groups excluding carboxylic acids is 1. The van der Waals surface area contributed by atoms with Gasteiger partial charge in [0.15, 0.2) is 0 Å².